The summed E-state index contributed by atoms with van der Waals surface area (Å²) in [6.07, 6.45) is 3.66. The fourth-order valence-corrected chi connectivity index (χ4v) is 3.42. The zero-order valence-electron chi connectivity index (χ0n) is 10.8. The third-order valence-corrected chi connectivity index (χ3v) is 4.45. The molecular formula is C15H16ClIN2. The molecule has 1 heterocycles. The van der Waals surface area contributed by atoms with Crippen molar-refractivity contribution in [1.29, 1.82) is 0 Å². The summed E-state index contributed by atoms with van der Waals surface area (Å²) in [6, 6.07) is 6.21. The van der Waals surface area contributed by atoms with Gasteiger partial charge in [-0.3, -0.25) is 4.98 Å². The van der Waals surface area contributed by atoms with Crippen molar-refractivity contribution in [2.75, 3.05) is 11.9 Å². The highest BCUT2D eigenvalue weighted by molar-refractivity contribution is 14.1. The van der Waals surface area contributed by atoms with Crippen molar-refractivity contribution in [1.82, 2.24) is 4.98 Å². The summed E-state index contributed by atoms with van der Waals surface area (Å²) in [6.45, 7) is 3.15. The van der Waals surface area contributed by atoms with Crippen LogP contribution >= 0.6 is 34.2 Å². The van der Waals surface area contributed by atoms with Crippen LogP contribution in [0.2, 0.25) is 5.02 Å². The van der Waals surface area contributed by atoms with Crippen molar-refractivity contribution in [3.05, 3.63) is 32.5 Å². The first-order valence-electron chi connectivity index (χ1n) is 6.72. The highest BCUT2D eigenvalue weighted by atomic mass is 127. The normalized spacial score (nSPS) is 14.9. The lowest BCUT2D eigenvalue weighted by Gasteiger charge is -2.12. The summed E-state index contributed by atoms with van der Waals surface area (Å²) in [7, 11) is 0. The number of nitrogens with one attached hydrogen (secondary N) is 1. The smallest absolute Gasteiger partial charge is 0.0860 e. The van der Waals surface area contributed by atoms with E-state index >= 15 is 0 Å². The SMILES string of the molecule is CCCNc1cc(C2CC2)nc2c(I)cc(Cl)cc12. The summed E-state index contributed by atoms with van der Waals surface area (Å²) < 4.78 is 1.13. The second-order valence-corrected chi connectivity index (χ2v) is 6.68. The van der Waals surface area contributed by atoms with Crippen LogP contribution in [-0.4, -0.2) is 11.5 Å². The van der Waals surface area contributed by atoms with Crippen LogP contribution in [-0.2, 0) is 0 Å². The van der Waals surface area contributed by atoms with E-state index in [4.69, 9.17) is 16.6 Å². The molecule has 1 aromatic heterocycles. The van der Waals surface area contributed by atoms with Gasteiger partial charge in [0.05, 0.1) is 5.52 Å². The lowest BCUT2D eigenvalue weighted by Crippen LogP contribution is -2.03. The third kappa shape index (κ3) is 2.82. The molecular weight excluding hydrogens is 371 g/mol. The number of rotatable bonds is 4. The predicted molar refractivity (Wildman–Crippen MR) is 90.2 cm³/mol. The van der Waals surface area contributed by atoms with Gasteiger partial charge in [0, 0.05) is 37.8 Å². The fourth-order valence-electron chi connectivity index (χ4n) is 2.27. The molecule has 1 aliphatic rings. The third-order valence-electron chi connectivity index (χ3n) is 3.41. The number of hydrogen-bond acceptors (Lipinski definition) is 2. The monoisotopic (exact) mass is 386 g/mol. The Morgan fingerprint density at radius 3 is 2.84 bits per heavy atom. The van der Waals surface area contributed by atoms with Crippen molar-refractivity contribution in [2.45, 2.75) is 32.1 Å². The first-order chi connectivity index (χ1) is 9.19. The summed E-state index contributed by atoms with van der Waals surface area (Å²) >= 11 is 8.51. The van der Waals surface area contributed by atoms with Gasteiger partial charge in [-0.25, -0.2) is 0 Å². The molecule has 0 bridgehead atoms. The van der Waals surface area contributed by atoms with E-state index in [1.807, 2.05) is 12.1 Å². The standard InChI is InChI=1S/C15H16ClIN2/c1-2-5-18-14-8-13(9-3-4-9)19-15-11(14)6-10(16)7-12(15)17/h6-9H,2-5H2,1H3,(H,18,19). The van der Waals surface area contributed by atoms with Gasteiger partial charge in [-0.05, 0) is 60.1 Å². The quantitative estimate of drug-likeness (QED) is 0.731. The summed E-state index contributed by atoms with van der Waals surface area (Å²) in [5.41, 5.74) is 3.48. The fraction of sp³-hybridized carbons (Fsp3) is 0.400. The minimum absolute atomic E-state index is 0.665. The van der Waals surface area contributed by atoms with Crippen LogP contribution in [0, 0.1) is 3.57 Å². The molecule has 0 aliphatic heterocycles. The van der Waals surface area contributed by atoms with Crippen LogP contribution in [0.15, 0.2) is 18.2 Å². The van der Waals surface area contributed by atoms with Crippen molar-refractivity contribution >= 4 is 50.8 Å². The van der Waals surface area contributed by atoms with E-state index in [0.717, 1.165) is 32.5 Å². The second-order valence-electron chi connectivity index (χ2n) is 5.08. The minimum atomic E-state index is 0.665. The summed E-state index contributed by atoms with van der Waals surface area (Å²) in [4.78, 5) is 4.84. The van der Waals surface area contributed by atoms with E-state index in [2.05, 4.69) is 40.9 Å². The van der Waals surface area contributed by atoms with Gasteiger partial charge in [-0.15, -0.1) is 0 Å². The molecule has 0 saturated heterocycles. The molecule has 2 aromatic rings. The number of pyridine rings is 1. The van der Waals surface area contributed by atoms with Gasteiger partial charge in [0.15, 0.2) is 0 Å². The van der Waals surface area contributed by atoms with Gasteiger partial charge in [0.1, 0.15) is 0 Å². The second kappa shape index (κ2) is 5.44. The van der Waals surface area contributed by atoms with Gasteiger partial charge in [-0.1, -0.05) is 18.5 Å². The maximum absolute atomic E-state index is 6.18. The highest BCUT2D eigenvalue weighted by Crippen LogP contribution is 2.42. The largest absolute Gasteiger partial charge is 0.384 e. The molecule has 4 heteroatoms. The molecule has 1 N–H and O–H groups in total. The van der Waals surface area contributed by atoms with Gasteiger partial charge < -0.3 is 5.32 Å². The Morgan fingerprint density at radius 2 is 2.16 bits per heavy atom. The van der Waals surface area contributed by atoms with E-state index < -0.39 is 0 Å². The Morgan fingerprint density at radius 1 is 1.37 bits per heavy atom. The average molecular weight is 387 g/mol. The Labute approximate surface area is 132 Å². The van der Waals surface area contributed by atoms with Crippen molar-refractivity contribution in [3.8, 4) is 0 Å². The van der Waals surface area contributed by atoms with Gasteiger partial charge >= 0.3 is 0 Å². The molecule has 0 unspecified atom stereocenters. The predicted octanol–water partition coefficient (Wildman–Crippen LogP) is 5.19. The average Bonchev–Trinajstić information content (AvgIpc) is 3.20. The lowest BCUT2D eigenvalue weighted by molar-refractivity contribution is 0.976. The Kier molecular flexibility index (Phi) is 3.85. The molecule has 0 atom stereocenters. The number of benzene rings is 1. The van der Waals surface area contributed by atoms with Crippen LogP contribution in [0.25, 0.3) is 10.9 Å². The number of halogens is 2. The summed E-state index contributed by atoms with van der Waals surface area (Å²) in [5, 5.41) is 5.42. The van der Waals surface area contributed by atoms with E-state index in [1.54, 1.807) is 0 Å². The van der Waals surface area contributed by atoms with Crippen molar-refractivity contribution in [2.24, 2.45) is 0 Å². The first kappa shape index (κ1) is 13.4. The molecule has 1 saturated carbocycles. The van der Waals surface area contributed by atoms with Crippen molar-refractivity contribution < 1.29 is 0 Å². The Hall–Kier alpha value is -0.550. The highest BCUT2D eigenvalue weighted by Gasteiger charge is 2.26. The van der Waals surface area contributed by atoms with Gasteiger partial charge in [-0.2, -0.15) is 0 Å². The maximum Gasteiger partial charge on any atom is 0.0860 e. The molecule has 3 rings (SSSR count). The topological polar surface area (TPSA) is 24.9 Å². The van der Waals surface area contributed by atoms with E-state index in [0.29, 0.717) is 5.92 Å². The van der Waals surface area contributed by atoms with Crippen molar-refractivity contribution in [3.63, 3.8) is 0 Å². The maximum atomic E-state index is 6.18. The summed E-state index contributed by atoms with van der Waals surface area (Å²) in [5.74, 6) is 0.665. The van der Waals surface area contributed by atoms with Gasteiger partial charge in [0.25, 0.3) is 0 Å². The number of hydrogen-bond donors (Lipinski definition) is 1. The molecule has 19 heavy (non-hydrogen) atoms. The van der Waals surface area contributed by atoms with Crippen LogP contribution < -0.4 is 5.32 Å². The molecule has 2 nitrogen and oxygen atoms in total. The molecule has 0 amide bonds. The van der Waals surface area contributed by atoms with E-state index in [1.165, 1.54) is 24.2 Å². The Balaban J connectivity index is 2.17. The molecule has 1 aromatic carbocycles. The zero-order valence-corrected chi connectivity index (χ0v) is 13.8. The van der Waals surface area contributed by atoms with Crippen LogP contribution in [0.1, 0.15) is 37.8 Å². The molecule has 1 fully saturated rings. The Bertz CT molecular complexity index is 623. The minimum Gasteiger partial charge on any atom is -0.384 e. The van der Waals surface area contributed by atoms with Gasteiger partial charge in [0.2, 0.25) is 0 Å². The lowest BCUT2D eigenvalue weighted by atomic mass is 10.1. The van der Waals surface area contributed by atoms with Crippen LogP contribution in [0.4, 0.5) is 5.69 Å². The van der Waals surface area contributed by atoms with E-state index in [-0.39, 0.29) is 0 Å². The zero-order chi connectivity index (χ0) is 13.4. The number of nitrogens with zero attached hydrogens (tertiary/aromatic N) is 1. The molecule has 0 radical (unpaired) electrons. The number of fused-ring (bicyclic) bond motifs is 1. The molecule has 0 spiro atoms. The number of anilines is 1. The first-order valence-corrected chi connectivity index (χ1v) is 8.18. The molecule has 100 valence electrons. The van der Waals surface area contributed by atoms with Crippen LogP contribution in [0.5, 0.6) is 0 Å². The van der Waals surface area contributed by atoms with Crippen LogP contribution in [0.3, 0.4) is 0 Å². The molecule has 1 aliphatic carbocycles. The number of aromatic nitrogens is 1. The van der Waals surface area contributed by atoms with E-state index in [9.17, 15) is 0 Å².